The second kappa shape index (κ2) is 6.28. The van der Waals surface area contributed by atoms with Gasteiger partial charge < -0.3 is 9.84 Å². The van der Waals surface area contributed by atoms with Crippen molar-refractivity contribution in [2.24, 2.45) is 0 Å². The van der Waals surface area contributed by atoms with Crippen LogP contribution in [0.1, 0.15) is 25.0 Å². The Bertz CT molecular complexity index is 495. The SMILES string of the molecule is CC[C@H](C(=O)O)N1CCO[C@H](c2ccc(F)c(F)c2)C1. The van der Waals surface area contributed by atoms with Gasteiger partial charge in [0.25, 0.3) is 0 Å². The van der Waals surface area contributed by atoms with Gasteiger partial charge in [-0.2, -0.15) is 0 Å². The smallest absolute Gasteiger partial charge is 0.320 e. The lowest BCUT2D eigenvalue weighted by Gasteiger charge is -2.36. The van der Waals surface area contributed by atoms with Crippen LogP contribution in [0.15, 0.2) is 18.2 Å². The van der Waals surface area contributed by atoms with E-state index in [0.29, 0.717) is 31.7 Å². The lowest BCUT2D eigenvalue weighted by molar-refractivity contribution is -0.147. The van der Waals surface area contributed by atoms with Gasteiger partial charge in [0, 0.05) is 13.1 Å². The topological polar surface area (TPSA) is 49.8 Å². The van der Waals surface area contributed by atoms with Gasteiger partial charge in [-0.25, -0.2) is 8.78 Å². The molecule has 2 rings (SSSR count). The maximum absolute atomic E-state index is 13.2. The predicted molar refractivity (Wildman–Crippen MR) is 68.3 cm³/mol. The molecule has 1 aliphatic rings. The quantitative estimate of drug-likeness (QED) is 0.921. The molecule has 1 saturated heterocycles. The molecule has 110 valence electrons. The van der Waals surface area contributed by atoms with Crippen LogP contribution in [0.4, 0.5) is 8.78 Å². The Morgan fingerprint density at radius 1 is 1.50 bits per heavy atom. The fourth-order valence-corrected chi connectivity index (χ4v) is 2.46. The molecule has 0 amide bonds. The van der Waals surface area contributed by atoms with Crippen LogP contribution in [0.25, 0.3) is 0 Å². The molecule has 1 aromatic carbocycles. The second-order valence-electron chi connectivity index (χ2n) is 4.79. The molecule has 1 N–H and O–H groups in total. The predicted octanol–water partition coefficient (Wildman–Crippen LogP) is 2.20. The van der Waals surface area contributed by atoms with Crippen molar-refractivity contribution in [2.45, 2.75) is 25.5 Å². The summed E-state index contributed by atoms with van der Waals surface area (Å²) in [6.07, 6.45) is 0.0482. The third-order valence-electron chi connectivity index (χ3n) is 3.53. The molecule has 0 radical (unpaired) electrons. The first kappa shape index (κ1) is 14.9. The summed E-state index contributed by atoms with van der Waals surface area (Å²) in [4.78, 5) is 13.0. The highest BCUT2D eigenvalue weighted by atomic mass is 19.2. The molecule has 1 aliphatic heterocycles. The number of hydrogen-bond donors (Lipinski definition) is 1. The van der Waals surface area contributed by atoms with Gasteiger partial charge in [-0.05, 0) is 24.1 Å². The third-order valence-corrected chi connectivity index (χ3v) is 3.53. The van der Waals surface area contributed by atoms with Crippen molar-refractivity contribution in [3.63, 3.8) is 0 Å². The Hall–Kier alpha value is -1.53. The number of morpholine rings is 1. The molecular weight excluding hydrogens is 268 g/mol. The number of ether oxygens (including phenoxy) is 1. The molecule has 6 heteroatoms. The highest BCUT2D eigenvalue weighted by molar-refractivity contribution is 5.73. The summed E-state index contributed by atoms with van der Waals surface area (Å²) in [5.41, 5.74) is 0.522. The van der Waals surface area contributed by atoms with Crippen molar-refractivity contribution in [1.82, 2.24) is 4.90 Å². The van der Waals surface area contributed by atoms with Gasteiger partial charge in [0.15, 0.2) is 11.6 Å². The summed E-state index contributed by atoms with van der Waals surface area (Å²) in [5.74, 6) is -2.70. The third kappa shape index (κ3) is 3.13. The van der Waals surface area contributed by atoms with E-state index in [1.165, 1.54) is 6.07 Å². The first-order valence-electron chi connectivity index (χ1n) is 6.56. The average molecular weight is 285 g/mol. The number of hydrogen-bond acceptors (Lipinski definition) is 3. The molecule has 1 aromatic rings. The number of nitrogens with zero attached hydrogens (tertiary/aromatic N) is 1. The van der Waals surface area contributed by atoms with Crippen LogP contribution >= 0.6 is 0 Å². The number of carboxylic acid groups (broad SMARTS) is 1. The molecule has 1 heterocycles. The van der Waals surface area contributed by atoms with Gasteiger partial charge in [0.1, 0.15) is 6.04 Å². The molecule has 2 atom stereocenters. The van der Waals surface area contributed by atoms with Crippen LogP contribution in [0.2, 0.25) is 0 Å². The van der Waals surface area contributed by atoms with E-state index in [2.05, 4.69) is 0 Å². The van der Waals surface area contributed by atoms with E-state index in [0.717, 1.165) is 12.1 Å². The van der Waals surface area contributed by atoms with E-state index in [-0.39, 0.29) is 0 Å². The Kier molecular flexibility index (Phi) is 4.67. The summed E-state index contributed by atoms with van der Waals surface area (Å²) in [6.45, 7) is 3.05. The number of benzene rings is 1. The fraction of sp³-hybridized carbons (Fsp3) is 0.500. The Morgan fingerprint density at radius 2 is 2.25 bits per heavy atom. The number of aliphatic carboxylic acids is 1. The summed E-state index contributed by atoms with van der Waals surface area (Å²) in [5, 5.41) is 9.17. The zero-order valence-electron chi connectivity index (χ0n) is 11.2. The van der Waals surface area contributed by atoms with Crippen LogP contribution in [0.5, 0.6) is 0 Å². The molecule has 0 aliphatic carbocycles. The number of carboxylic acids is 1. The van der Waals surface area contributed by atoms with Crippen LogP contribution in [-0.2, 0) is 9.53 Å². The number of carbonyl (C=O) groups is 1. The standard InChI is InChI=1S/C14H17F2NO3/c1-2-12(14(18)19)17-5-6-20-13(8-17)9-3-4-10(15)11(16)7-9/h3-4,7,12-13H,2,5-6,8H2,1H3,(H,18,19)/t12-,13+/m1/s1. The molecule has 0 saturated carbocycles. The second-order valence-corrected chi connectivity index (χ2v) is 4.79. The fourth-order valence-electron chi connectivity index (χ4n) is 2.46. The maximum Gasteiger partial charge on any atom is 0.320 e. The van der Waals surface area contributed by atoms with Crippen molar-refractivity contribution in [1.29, 1.82) is 0 Å². The van der Waals surface area contributed by atoms with Crippen LogP contribution < -0.4 is 0 Å². The van der Waals surface area contributed by atoms with Gasteiger partial charge in [-0.3, -0.25) is 9.69 Å². The Balaban J connectivity index is 2.13. The number of halogens is 2. The summed E-state index contributed by atoms with van der Waals surface area (Å²) in [6, 6.07) is 3.05. The van der Waals surface area contributed by atoms with Crippen molar-refractivity contribution < 1.29 is 23.4 Å². The first-order chi connectivity index (χ1) is 9.52. The minimum absolute atomic E-state index is 0.357. The lowest BCUT2D eigenvalue weighted by Crippen LogP contribution is -2.48. The molecule has 0 aromatic heterocycles. The highest BCUT2D eigenvalue weighted by Crippen LogP contribution is 2.25. The average Bonchev–Trinajstić information content (AvgIpc) is 2.42. The highest BCUT2D eigenvalue weighted by Gasteiger charge is 2.30. The lowest BCUT2D eigenvalue weighted by atomic mass is 10.1. The maximum atomic E-state index is 13.2. The van der Waals surface area contributed by atoms with Gasteiger partial charge in [0.2, 0.25) is 0 Å². The largest absolute Gasteiger partial charge is 0.480 e. The van der Waals surface area contributed by atoms with E-state index >= 15 is 0 Å². The zero-order chi connectivity index (χ0) is 14.7. The zero-order valence-corrected chi connectivity index (χ0v) is 11.2. The van der Waals surface area contributed by atoms with Crippen molar-refractivity contribution in [3.05, 3.63) is 35.4 Å². The monoisotopic (exact) mass is 285 g/mol. The van der Waals surface area contributed by atoms with E-state index in [1.807, 2.05) is 0 Å². The van der Waals surface area contributed by atoms with E-state index in [4.69, 9.17) is 4.74 Å². The Labute approximate surface area is 116 Å². The minimum Gasteiger partial charge on any atom is -0.480 e. The summed E-state index contributed by atoms with van der Waals surface area (Å²) >= 11 is 0. The van der Waals surface area contributed by atoms with Crippen molar-refractivity contribution in [3.8, 4) is 0 Å². The van der Waals surface area contributed by atoms with Crippen molar-refractivity contribution in [2.75, 3.05) is 19.7 Å². The molecule has 0 unspecified atom stereocenters. The first-order valence-corrected chi connectivity index (χ1v) is 6.56. The summed E-state index contributed by atoms with van der Waals surface area (Å²) < 4.78 is 31.7. The van der Waals surface area contributed by atoms with Gasteiger partial charge in [-0.1, -0.05) is 13.0 Å². The van der Waals surface area contributed by atoms with Crippen molar-refractivity contribution >= 4 is 5.97 Å². The number of rotatable bonds is 4. The van der Waals surface area contributed by atoms with E-state index in [9.17, 15) is 18.7 Å². The molecule has 4 nitrogen and oxygen atoms in total. The normalized spacial score (nSPS) is 21.6. The van der Waals surface area contributed by atoms with Gasteiger partial charge >= 0.3 is 5.97 Å². The molecule has 0 bridgehead atoms. The molecule has 20 heavy (non-hydrogen) atoms. The minimum atomic E-state index is -0.923. The van der Waals surface area contributed by atoms with Crippen LogP contribution in [0.3, 0.4) is 0 Å². The molecule has 1 fully saturated rings. The Morgan fingerprint density at radius 3 is 2.85 bits per heavy atom. The van der Waals surface area contributed by atoms with E-state index < -0.39 is 29.7 Å². The van der Waals surface area contributed by atoms with Gasteiger partial charge in [0.05, 0.1) is 12.7 Å². The summed E-state index contributed by atoms with van der Waals surface area (Å²) in [7, 11) is 0. The molecular formula is C14H17F2NO3. The van der Waals surface area contributed by atoms with Crippen LogP contribution in [-0.4, -0.2) is 41.7 Å². The van der Waals surface area contributed by atoms with Gasteiger partial charge in [-0.15, -0.1) is 0 Å². The molecule has 0 spiro atoms. The van der Waals surface area contributed by atoms with Crippen LogP contribution in [0, 0.1) is 11.6 Å². The van der Waals surface area contributed by atoms with E-state index in [1.54, 1.807) is 11.8 Å².